The summed E-state index contributed by atoms with van der Waals surface area (Å²) in [6.07, 6.45) is 5.36. The van der Waals surface area contributed by atoms with E-state index in [0.29, 0.717) is 23.3 Å². The summed E-state index contributed by atoms with van der Waals surface area (Å²) >= 11 is 8.68. The van der Waals surface area contributed by atoms with Crippen LogP contribution in [-0.4, -0.2) is 66.1 Å². The number of benzene rings is 2. The molecule has 2 aromatic carbocycles. The van der Waals surface area contributed by atoms with Gasteiger partial charge in [0.1, 0.15) is 6.61 Å². The van der Waals surface area contributed by atoms with E-state index in [9.17, 15) is 9.90 Å². The van der Waals surface area contributed by atoms with Gasteiger partial charge in [0.25, 0.3) is 0 Å². The second-order valence-electron chi connectivity index (χ2n) is 10.3. The Morgan fingerprint density at radius 2 is 1.92 bits per heavy atom. The minimum atomic E-state index is -0.245. The number of carbonyl (C=O) groups is 1. The Kier molecular flexibility index (Phi) is 10.8. The summed E-state index contributed by atoms with van der Waals surface area (Å²) in [7, 11) is 0. The Morgan fingerprint density at radius 1 is 1.16 bits per heavy atom. The lowest BCUT2D eigenvalue weighted by Crippen LogP contribution is -2.38. The molecule has 37 heavy (non-hydrogen) atoms. The van der Waals surface area contributed by atoms with Crippen molar-refractivity contribution in [3.05, 3.63) is 64.2 Å². The van der Waals surface area contributed by atoms with Gasteiger partial charge in [-0.05, 0) is 98.4 Å². The third-order valence-corrected chi connectivity index (χ3v) is 9.81. The van der Waals surface area contributed by atoms with Gasteiger partial charge in [-0.15, -0.1) is 23.4 Å². The molecule has 0 bridgehead atoms. The van der Waals surface area contributed by atoms with E-state index in [1.54, 1.807) is 0 Å². The van der Waals surface area contributed by atoms with Crippen molar-refractivity contribution in [1.29, 1.82) is 0 Å². The number of aliphatic hydroxyl groups is 1. The van der Waals surface area contributed by atoms with Crippen LogP contribution in [-0.2, 0) is 22.5 Å². The highest BCUT2D eigenvalue weighted by Crippen LogP contribution is 2.44. The van der Waals surface area contributed by atoms with Crippen LogP contribution in [0.3, 0.4) is 0 Å². The number of nitrogens with zero attached hydrogens (tertiary/aromatic N) is 1. The quantitative estimate of drug-likeness (QED) is 0.285. The van der Waals surface area contributed by atoms with Crippen molar-refractivity contribution in [1.82, 2.24) is 4.90 Å². The maximum atomic E-state index is 12.6. The number of morpholine rings is 1. The predicted octanol–water partition coefficient (Wildman–Crippen LogP) is 5.79. The van der Waals surface area contributed by atoms with Crippen molar-refractivity contribution in [2.45, 2.75) is 68.1 Å². The molecule has 4 rings (SSSR count). The van der Waals surface area contributed by atoms with Crippen molar-refractivity contribution in [3.63, 3.8) is 0 Å². The zero-order valence-corrected chi connectivity index (χ0v) is 23.7. The van der Waals surface area contributed by atoms with E-state index in [0.717, 1.165) is 81.6 Å². The van der Waals surface area contributed by atoms with Gasteiger partial charge < -0.3 is 14.6 Å². The molecule has 2 aromatic rings. The van der Waals surface area contributed by atoms with E-state index in [1.165, 1.54) is 10.5 Å². The molecular weight excluding hydrogens is 506 g/mol. The van der Waals surface area contributed by atoms with E-state index >= 15 is 0 Å². The third-order valence-electron chi connectivity index (χ3n) is 7.68. The van der Waals surface area contributed by atoms with Crippen LogP contribution in [0.1, 0.15) is 58.3 Å². The van der Waals surface area contributed by atoms with Gasteiger partial charge in [0.15, 0.2) is 0 Å². The number of carbonyl (C=O) groups excluding carboxylic acids is 1. The van der Waals surface area contributed by atoms with Crippen molar-refractivity contribution >= 4 is 29.3 Å². The zero-order valence-electron chi connectivity index (χ0n) is 22.1. The van der Waals surface area contributed by atoms with Gasteiger partial charge in [0.2, 0.25) is 0 Å². The Morgan fingerprint density at radius 3 is 2.65 bits per heavy atom. The Hall–Kier alpha value is -1.57. The molecule has 2 fully saturated rings. The number of thioether (sulfide) groups is 1. The Bertz CT molecular complexity index is 1020. The van der Waals surface area contributed by atoms with Crippen LogP contribution in [0, 0.1) is 19.8 Å². The summed E-state index contributed by atoms with van der Waals surface area (Å²) in [5.74, 6) is 0.337. The highest BCUT2D eigenvalue weighted by molar-refractivity contribution is 8.00. The maximum absolute atomic E-state index is 12.6. The third kappa shape index (κ3) is 7.96. The largest absolute Gasteiger partial charge is 0.461 e. The lowest BCUT2D eigenvalue weighted by atomic mass is 9.97. The number of aryl methyl sites for hydroxylation is 3. The number of alkyl halides is 1. The zero-order chi connectivity index (χ0) is 26.2. The topological polar surface area (TPSA) is 59.0 Å². The predicted molar refractivity (Wildman–Crippen MR) is 151 cm³/mol. The van der Waals surface area contributed by atoms with Crippen molar-refractivity contribution in [2.75, 3.05) is 39.5 Å². The molecule has 3 atom stereocenters. The summed E-state index contributed by atoms with van der Waals surface area (Å²) in [6, 6.07) is 12.3. The molecular formula is C30H40ClNO4S. The van der Waals surface area contributed by atoms with E-state index in [2.05, 4.69) is 36.9 Å². The number of hydrogen-bond donors (Lipinski definition) is 1. The first kappa shape index (κ1) is 28.4. The lowest BCUT2D eigenvalue weighted by Gasteiger charge is -2.26. The minimum Gasteiger partial charge on any atom is -0.461 e. The van der Waals surface area contributed by atoms with E-state index in [-0.39, 0.29) is 18.0 Å². The average Bonchev–Trinajstić information content (AvgIpc) is 3.23. The van der Waals surface area contributed by atoms with E-state index in [1.807, 2.05) is 30.0 Å². The number of halogens is 1. The monoisotopic (exact) mass is 545 g/mol. The van der Waals surface area contributed by atoms with Crippen molar-refractivity contribution < 1.29 is 19.4 Å². The minimum absolute atomic E-state index is 0.0835. The molecule has 1 saturated heterocycles. The van der Waals surface area contributed by atoms with E-state index < -0.39 is 0 Å². The maximum Gasteiger partial charge on any atom is 0.338 e. The summed E-state index contributed by atoms with van der Waals surface area (Å²) < 4.78 is 10.9. The first-order valence-corrected chi connectivity index (χ1v) is 14.8. The van der Waals surface area contributed by atoms with Gasteiger partial charge in [-0.1, -0.05) is 12.1 Å². The first-order valence-electron chi connectivity index (χ1n) is 13.5. The molecule has 2 aliphatic rings. The molecule has 1 N–H and O–H groups in total. The summed E-state index contributed by atoms with van der Waals surface area (Å²) in [5.41, 5.74) is 5.12. The fourth-order valence-corrected chi connectivity index (χ4v) is 7.54. The number of hydrogen-bond acceptors (Lipinski definition) is 6. The highest BCUT2D eigenvalue weighted by Gasteiger charge is 2.35. The molecule has 7 heteroatoms. The van der Waals surface area contributed by atoms with Crippen LogP contribution in [0.15, 0.2) is 41.3 Å². The normalized spacial score (nSPS) is 22.3. The molecule has 0 radical (unpaired) electrons. The average molecular weight is 546 g/mol. The molecule has 0 amide bonds. The van der Waals surface area contributed by atoms with Crippen molar-refractivity contribution in [3.8, 4) is 0 Å². The van der Waals surface area contributed by atoms with Crippen LogP contribution in [0.25, 0.3) is 0 Å². The fraction of sp³-hybridized carbons (Fsp3) is 0.567. The van der Waals surface area contributed by atoms with Gasteiger partial charge in [-0.3, -0.25) is 4.90 Å². The molecule has 1 heterocycles. The first-order chi connectivity index (χ1) is 17.9. The number of rotatable bonds is 11. The summed E-state index contributed by atoms with van der Waals surface area (Å²) in [5, 5.41) is 10.2. The molecule has 202 valence electrons. The van der Waals surface area contributed by atoms with E-state index in [4.69, 9.17) is 21.1 Å². The van der Waals surface area contributed by atoms with Gasteiger partial charge in [0.05, 0.1) is 25.4 Å². The Labute approximate surface area is 230 Å². The molecule has 1 saturated carbocycles. The van der Waals surface area contributed by atoms with Crippen LogP contribution in [0.2, 0.25) is 0 Å². The van der Waals surface area contributed by atoms with Gasteiger partial charge in [0, 0.05) is 35.2 Å². The molecule has 1 aliphatic carbocycles. The van der Waals surface area contributed by atoms with Crippen LogP contribution >= 0.6 is 23.4 Å². The molecule has 5 nitrogen and oxygen atoms in total. The van der Waals surface area contributed by atoms with Gasteiger partial charge >= 0.3 is 5.97 Å². The smallest absolute Gasteiger partial charge is 0.338 e. The van der Waals surface area contributed by atoms with Crippen LogP contribution < -0.4 is 0 Å². The second-order valence-corrected chi connectivity index (χ2v) is 12.1. The second kappa shape index (κ2) is 14.0. The van der Waals surface area contributed by atoms with Gasteiger partial charge in [-0.25, -0.2) is 4.79 Å². The molecule has 2 unspecified atom stereocenters. The van der Waals surface area contributed by atoms with Crippen LogP contribution in [0.4, 0.5) is 0 Å². The number of ether oxygens (including phenoxy) is 2. The summed E-state index contributed by atoms with van der Waals surface area (Å²) in [4.78, 5) is 16.1. The van der Waals surface area contributed by atoms with Gasteiger partial charge in [-0.2, -0.15) is 0 Å². The fourth-order valence-electron chi connectivity index (χ4n) is 5.50. The summed E-state index contributed by atoms with van der Waals surface area (Å²) in [6.45, 7) is 8.67. The number of esters is 1. The highest BCUT2D eigenvalue weighted by atomic mass is 35.5. The molecule has 1 aliphatic heterocycles. The number of aliphatic hydroxyl groups excluding tert-OH is 1. The Balaban J connectivity index is 1.26. The molecule has 0 spiro atoms. The lowest BCUT2D eigenvalue weighted by molar-refractivity contribution is 0.0195. The standard InChI is InChI=1S/C30H40ClNO4S/c1-21-17-26(18-22(2)27(21)20-33)37-29-24(9-10-28(29)31)7-3-5-23-6-4-8-25(19-23)30(34)36-16-13-32-11-14-35-15-12-32/h4,6,8,17-19,24,28-29,33H,3,5,7,9-16,20H2,1-2H3/t24-,28?,29?/m0/s1. The van der Waals surface area contributed by atoms with Crippen molar-refractivity contribution in [2.24, 2.45) is 5.92 Å². The van der Waals surface area contributed by atoms with Crippen LogP contribution in [0.5, 0.6) is 0 Å². The SMILES string of the molecule is Cc1cc(SC2C(Cl)CC[C@@H]2CCCc2cccc(C(=O)OCCN3CCOCC3)c2)cc(C)c1CO. The molecule has 0 aromatic heterocycles.